The van der Waals surface area contributed by atoms with Crippen molar-refractivity contribution in [2.45, 2.75) is 58.6 Å². The van der Waals surface area contributed by atoms with E-state index in [1.165, 1.54) is 0 Å². The standard InChI is InChI=1S/C18H34N6O2.HI/c1-4-6-15(8-9-25)11-19-18(20-12-16-7-5-10-26-16)21-13-17-23-22-14(2)24(17)3;/h15-16,25H,4-13H2,1-3H3,(H2,19,20,21);1H. The molecule has 0 saturated carbocycles. The largest absolute Gasteiger partial charge is 0.396 e. The Morgan fingerprint density at radius 3 is 2.78 bits per heavy atom. The van der Waals surface area contributed by atoms with Crippen LogP contribution in [0.5, 0.6) is 0 Å². The van der Waals surface area contributed by atoms with Crippen molar-refractivity contribution in [2.75, 3.05) is 26.3 Å². The summed E-state index contributed by atoms with van der Waals surface area (Å²) in [6.45, 7) is 7.19. The second-order valence-electron chi connectivity index (χ2n) is 6.95. The van der Waals surface area contributed by atoms with Gasteiger partial charge in [0.15, 0.2) is 11.8 Å². The molecule has 27 heavy (non-hydrogen) atoms. The van der Waals surface area contributed by atoms with E-state index in [9.17, 15) is 5.11 Å². The molecule has 1 aliphatic rings. The van der Waals surface area contributed by atoms with Gasteiger partial charge in [0.2, 0.25) is 0 Å². The van der Waals surface area contributed by atoms with Crippen LogP contribution in [0.3, 0.4) is 0 Å². The number of aromatic nitrogens is 3. The molecule has 2 atom stereocenters. The molecule has 2 heterocycles. The number of rotatable bonds is 10. The second-order valence-corrected chi connectivity index (χ2v) is 6.95. The average Bonchev–Trinajstić information content (AvgIpc) is 3.26. The van der Waals surface area contributed by atoms with E-state index in [0.717, 1.165) is 69.4 Å². The van der Waals surface area contributed by atoms with Crippen molar-refractivity contribution >= 4 is 29.9 Å². The van der Waals surface area contributed by atoms with E-state index in [1.807, 2.05) is 18.5 Å². The number of hydrogen-bond donors (Lipinski definition) is 3. The Bertz CT molecular complexity index is 554. The number of aliphatic hydroxyl groups is 1. The molecule has 1 aromatic heterocycles. The Labute approximate surface area is 179 Å². The van der Waals surface area contributed by atoms with Crippen molar-refractivity contribution in [3.8, 4) is 0 Å². The molecule has 2 rings (SSSR count). The Hall–Kier alpha value is -0.940. The van der Waals surface area contributed by atoms with Crippen LogP contribution in [0.2, 0.25) is 0 Å². The highest BCUT2D eigenvalue weighted by Gasteiger charge is 2.16. The third-order valence-corrected chi connectivity index (χ3v) is 4.87. The quantitative estimate of drug-likeness (QED) is 0.261. The van der Waals surface area contributed by atoms with Gasteiger partial charge in [-0.2, -0.15) is 0 Å². The molecule has 0 amide bonds. The molecule has 1 aliphatic heterocycles. The van der Waals surface area contributed by atoms with Gasteiger partial charge in [-0.25, -0.2) is 4.99 Å². The first-order chi connectivity index (χ1) is 12.6. The lowest BCUT2D eigenvalue weighted by molar-refractivity contribution is 0.113. The van der Waals surface area contributed by atoms with Crippen LogP contribution in [-0.2, 0) is 18.3 Å². The summed E-state index contributed by atoms with van der Waals surface area (Å²) in [5, 5.41) is 24.3. The van der Waals surface area contributed by atoms with Crippen molar-refractivity contribution < 1.29 is 9.84 Å². The molecule has 0 bridgehead atoms. The van der Waals surface area contributed by atoms with E-state index in [-0.39, 0.29) is 36.7 Å². The first-order valence-electron chi connectivity index (χ1n) is 9.73. The van der Waals surface area contributed by atoms with Crippen LogP contribution in [0.1, 0.15) is 50.7 Å². The Kier molecular flexibility index (Phi) is 11.8. The maximum Gasteiger partial charge on any atom is 0.191 e. The number of hydrogen-bond acceptors (Lipinski definition) is 5. The van der Waals surface area contributed by atoms with Crippen molar-refractivity contribution in [2.24, 2.45) is 18.0 Å². The molecule has 9 heteroatoms. The first-order valence-corrected chi connectivity index (χ1v) is 9.73. The molecular weight excluding hydrogens is 459 g/mol. The molecule has 8 nitrogen and oxygen atoms in total. The maximum absolute atomic E-state index is 9.25. The number of aryl methyl sites for hydroxylation is 1. The zero-order chi connectivity index (χ0) is 18.8. The van der Waals surface area contributed by atoms with E-state index in [1.54, 1.807) is 0 Å². The topological polar surface area (TPSA) is 96.6 Å². The van der Waals surface area contributed by atoms with Gasteiger partial charge in [0.05, 0.1) is 6.10 Å². The molecular formula is C18H35IN6O2. The molecule has 156 valence electrons. The number of nitrogens with one attached hydrogen (secondary N) is 2. The van der Waals surface area contributed by atoms with Gasteiger partial charge < -0.3 is 25.0 Å². The Balaban J connectivity index is 0.00000364. The summed E-state index contributed by atoms with van der Waals surface area (Å²) in [4.78, 5) is 4.67. The predicted octanol–water partition coefficient (Wildman–Crippen LogP) is 1.75. The van der Waals surface area contributed by atoms with Crippen LogP contribution >= 0.6 is 24.0 Å². The highest BCUT2D eigenvalue weighted by Crippen LogP contribution is 2.11. The van der Waals surface area contributed by atoms with E-state index in [0.29, 0.717) is 12.5 Å². The minimum Gasteiger partial charge on any atom is -0.396 e. The number of halogens is 1. The molecule has 1 saturated heterocycles. The van der Waals surface area contributed by atoms with E-state index in [4.69, 9.17) is 4.74 Å². The normalized spacial score (nSPS) is 18.2. The van der Waals surface area contributed by atoms with Crippen LogP contribution in [0, 0.1) is 12.8 Å². The summed E-state index contributed by atoms with van der Waals surface area (Å²) in [6.07, 6.45) is 5.48. The third kappa shape index (κ3) is 8.30. The number of guanidine groups is 1. The lowest BCUT2D eigenvalue weighted by atomic mass is 10.0. The first kappa shape index (κ1) is 24.1. The van der Waals surface area contributed by atoms with Gasteiger partial charge in [-0.3, -0.25) is 0 Å². The lowest BCUT2D eigenvalue weighted by Gasteiger charge is -2.19. The molecule has 2 unspecified atom stereocenters. The molecule has 0 aromatic carbocycles. The highest BCUT2D eigenvalue weighted by atomic mass is 127. The van der Waals surface area contributed by atoms with Crippen molar-refractivity contribution in [3.05, 3.63) is 11.6 Å². The summed E-state index contributed by atoms with van der Waals surface area (Å²) in [5.41, 5.74) is 0. The highest BCUT2D eigenvalue weighted by molar-refractivity contribution is 14.0. The van der Waals surface area contributed by atoms with Crippen LogP contribution in [0.25, 0.3) is 0 Å². The Morgan fingerprint density at radius 1 is 1.37 bits per heavy atom. The summed E-state index contributed by atoms with van der Waals surface area (Å²) < 4.78 is 7.64. The fourth-order valence-corrected chi connectivity index (χ4v) is 3.11. The monoisotopic (exact) mass is 494 g/mol. The van der Waals surface area contributed by atoms with Crippen molar-refractivity contribution in [1.29, 1.82) is 0 Å². The molecule has 0 radical (unpaired) electrons. The summed E-state index contributed by atoms with van der Waals surface area (Å²) in [5.74, 6) is 2.92. The maximum atomic E-state index is 9.25. The number of aliphatic hydroxyl groups excluding tert-OH is 1. The van der Waals surface area contributed by atoms with Crippen LogP contribution in [-0.4, -0.2) is 58.2 Å². The van der Waals surface area contributed by atoms with Gasteiger partial charge >= 0.3 is 0 Å². The lowest BCUT2D eigenvalue weighted by Crippen LogP contribution is -2.43. The van der Waals surface area contributed by atoms with E-state index >= 15 is 0 Å². The zero-order valence-electron chi connectivity index (χ0n) is 16.8. The van der Waals surface area contributed by atoms with Gasteiger partial charge in [0.1, 0.15) is 12.4 Å². The van der Waals surface area contributed by atoms with Crippen molar-refractivity contribution in [1.82, 2.24) is 25.4 Å². The second kappa shape index (κ2) is 13.3. The molecule has 1 aromatic rings. The van der Waals surface area contributed by atoms with Gasteiger partial charge in [0, 0.05) is 33.4 Å². The van der Waals surface area contributed by atoms with Gasteiger partial charge in [-0.15, -0.1) is 34.2 Å². The van der Waals surface area contributed by atoms with Gasteiger partial charge in [-0.05, 0) is 38.5 Å². The fourth-order valence-electron chi connectivity index (χ4n) is 3.11. The zero-order valence-corrected chi connectivity index (χ0v) is 19.1. The molecule has 0 spiro atoms. The van der Waals surface area contributed by atoms with Crippen LogP contribution in [0.4, 0.5) is 0 Å². The molecule has 0 aliphatic carbocycles. The van der Waals surface area contributed by atoms with Gasteiger partial charge in [-0.1, -0.05) is 13.3 Å². The Morgan fingerprint density at radius 2 is 2.19 bits per heavy atom. The minimum absolute atomic E-state index is 0. The predicted molar refractivity (Wildman–Crippen MR) is 117 cm³/mol. The van der Waals surface area contributed by atoms with E-state index < -0.39 is 0 Å². The smallest absolute Gasteiger partial charge is 0.191 e. The molecule has 1 fully saturated rings. The molecule has 3 N–H and O–H groups in total. The number of aliphatic imine (C=N–C) groups is 1. The van der Waals surface area contributed by atoms with Crippen molar-refractivity contribution in [3.63, 3.8) is 0 Å². The number of ether oxygens (including phenoxy) is 1. The average molecular weight is 494 g/mol. The van der Waals surface area contributed by atoms with Crippen LogP contribution in [0.15, 0.2) is 4.99 Å². The summed E-state index contributed by atoms with van der Waals surface area (Å²) in [7, 11) is 1.95. The SMILES string of the molecule is CCCC(CCO)CNC(=NCc1nnc(C)n1C)NCC1CCCO1.I. The number of nitrogens with zero attached hydrogens (tertiary/aromatic N) is 4. The van der Waals surface area contributed by atoms with Gasteiger partial charge in [0.25, 0.3) is 0 Å². The fraction of sp³-hybridized carbons (Fsp3) is 0.833. The summed E-state index contributed by atoms with van der Waals surface area (Å²) in [6, 6.07) is 0. The van der Waals surface area contributed by atoms with Crippen LogP contribution < -0.4 is 10.6 Å². The minimum atomic E-state index is 0. The van der Waals surface area contributed by atoms with E-state index in [2.05, 4.69) is 32.7 Å². The summed E-state index contributed by atoms with van der Waals surface area (Å²) >= 11 is 0. The third-order valence-electron chi connectivity index (χ3n) is 4.87.